The number of benzene rings is 1. The second kappa shape index (κ2) is 8.84. The molecule has 20 heavy (non-hydrogen) atoms. The Hall–Kier alpha value is -0.333. The van der Waals surface area contributed by atoms with E-state index in [1.165, 1.54) is 11.1 Å². The van der Waals surface area contributed by atoms with Gasteiger partial charge < -0.3 is 13.3 Å². The van der Waals surface area contributed by atoms with Gasteiger partial charge in [0.1, 0.15) is 0 Å². The summed E-state index contributed by atoms with van der Waals surface area (Å²) in [5.41, 5.74) is 2.52. The van der Waals surface area contributed by atoms with Crippen molar-refractivity contribution >= 4 is 21.4 Å². The van der Waals surface area contributed by atoms with Crippen LogP contribution in [-0.4, -0.2) is 28.6 Å². The largest absolute Gasteiger partial charge is 0.508 e. The SMILES string of the molecule is CCO[Si](OCC)(OCC)C(C)c1ccccc1CS. The first-order valence-corrected chi connectivity index (χ1v) is 9.69. The lowest BCUT2D eigenvalue weighted by atomic mass is 10.1. The highest BCUT2D eigenvalue weighted by atomic mass is 32.1. The summed E-state index contributed by atoms with van der Waals surface area (Å²) >= 11 is 4.42. The first-order valence-electron chi connectivity index (χ1n) is 7.25. The summed E-state index contributed by atoms with van der Waals surface area (Å²) in [4.78, 5) is 0. The lowest BCUT2D eigenvalue weighted by Gasteiger charge is -2.34. The van der Waals surface area contributed by atoms with E-state index >= 15 is 0 Å². The van der Waals surface area contributed by atoms with E-state index in [2.05, 4.69) is 31.7 Å². The van der Waals surface area contributed by atoms with Gasteiger partial charge in [0.15, 0.2) is 0 Å². The molecule has 0 aliphatic carbocycles. The Morgan fingerprint density at radius 3 is 1.95 bits per heavy atom. The van der Waals surface area contributed by atoms with Crippen LogP contribution in [0, 0.1) is 0 Å². The fourth-order valence-electron chi connectivity index (χ4n) is 2.39. The molecule has 114 valence electrons. The fourth-order valence-corrected chi connectivity index (χ4v) is 5.55. The summed E-state index contributed by atoms with van der Waals surface area (Å²) in [6.07, 6.45) is 0. The first-order chi connectivity index (χ1) is 9.65. The van der Waals surface area contributed by atoms with Crippen LogP contribution < -0.4 is 0 Å². The summed E-state index contributed by atoms with van der Waals surface area (Å²) in [6, 6.07) is 8.30. The Morgan fingerprint density at radius 1 is 1.00 bits per heavy atom. The van der Waals surface area contributed by atoms with E-state index in [1.807, 2.05) is 32.9 Å². The number of hydrogen-bond acceptors (Lipinski definition) is 4. The summed E-state index contributed by atoms with van der Waals surface area (Å²) in [5, 5.41) is 0. The van der Waals surface area contributed by atoms with Crippen molar-refractivity contribution in [3.8, 4) is 0 Å². The molecule has 0 saturated carbocycles. The van der Waals surface area contributed by atoms with Crippen molar-refractivity contribution in [3.63, 3.8) is 0 Å². The second-order valence-electron chi connectivity index (χ2n) is 4.48. The highest BCUT2D eigenvalue weighted by Gasteiger charge is 2.47. The van der Waals surface area contributed by atoms with Gasteiger partial charge in [0, 0.05) is 25.6 Å². The normalized spacial score (nSPS) is 13.4. The summed E-state index contributed by atoms with van der Waals surface area (Å²) in [7, 11) is -2.72. The summed E-state index contributed by atoms with van der Waals surface area (Å²) < 4.78 is 18.0. The van der Waals surface area contributed by atoms with Crippen molar-refractivity contribution < 1.29 is 13.3 Å². The Balaban J connectivity index is 3.16. The van der Waals surface area contributed by atoms with Gasteiger partial charge >= 0.3 is 8.80 Å². The van der Waals surface area contributed by atoms with Crippen molar-refractivity contribution in [3.05, 3.63) is 35.4 Å². The average molecular weight is 315 g/mol. The molecule has 0 radical (unpaired) electrons. The van der Waals surface area contributed by atoms with Crippen LogP contribution in [0.4, 0.5) is 0 Å². The van der Waals surface area contributed by atoms with Crippen LogP contribution in [0.5, 0.6) is 0 Å². The minimum absolute atomic E-state index is 0.102. The topological polar surface area (TPSA) is 27.7 Å². The average Bonchev–Trinajstić information content (AvgIpc) is 2.47. The third-order valence-corrected chi connectivity index (χ3v) is 7.04. The van der Waals surface area contributed by atoms with Gasteiger partial charge in [-0.15, -0.1) is 0 Å². The Labute approximate surface area is 129 Å². The molecule has 0 amide bonds. The van der Waals surface area contributed by atoms with Crippen molar-refractivity contribution in [2.45, 2.75) is 39.0 Å². The molecule has 0 aromatic heterocycles. The van der Waals surface area contributed by atoms with Crippen LogP contribution in [0.2, 0.25) is 0 Å². The molecule has 0 heterocycles. The van der Waals surface area contributed by atoms with Gasteiger partial charge in [-0.2, -0.15) is 12.6 Å². The summed E-state index contributed by atoms with van der Waals surface area (Å²) in [5.74, 6) is 0.704. The van der Waals surface area contributed by atoms with Gasteiger partial charge in [-0.3, -0.25) is 0 Å². The molecule has 0 fully saturated rings. The van der Waals surface area contributed by atoms with E-state index in [4.69, 9.17) is 13.3 Å². The van der Waals surface area contributed by atoms with Crippen LogP contribution in [0.15, 0.2) is 24.3 Å². The molecule has 3 nitrogen and oxygen atoms in total. The van der Waals surface area contributed by atoms with Gasteiger partial charge in [0.25, 0.3) is 0 Å². The first kappa shape index (κ1) is 17.7. The molecular weight excluding hydrogens is 288 g/mol. The molecule has 0 N–H and O–H groups in total. The maximum atomic E-state index is 6.00. The maximum Gasteiger partial charge on any atom is 0.508 e. The Kier molecular flexibility index (Phi) is 7.83. The standard InChI is InChI=1S/C15H26O3SSi/c1-5-16-20(17-6-2,18-7-3)13(4)15-11-9-8-10-14(15)12-19/h8-11,13,19H,5-7,12H2,1-4H3. The van der Waals surface area contributed by atoms with Crippen molar-refractivity contribution in [2.75, 3.05) is 19.8 Å². The molecule has 1 aromatic rings. The predicted octanol–water partition coefficient (Wildman–Crippen LogP) is 3.81. The van der Waals surface area contributed by atoms with Crippen LogP contribution in [-0.2, 0) is 19.0 Å². The molecule has 1 atom stereocenters. The molecule has 0 spiro atoms. The molecule has 1 rings (SSSR count). The van der Waals surface area contributed by atoms with Crippen LogP contribution in [0.25, 0.3) is 0 Å². The molecule has 0 aliphatic heterocycles. The van der Waals surface area contributed by atoms with E-state index in [0.717, 1.165) is 0 Å². The van der Waals surface area contributed by atoms with Crippen molar-refractivity contribution in [1.29, 1.82) is 0 Å². The zero-order chi connectivity index (χ0) is 15.0. The number of thiol groups is 1. The van der Waals surface area contributed by atoms with Gasteiger partial charge in [-0.25, -0.2) is 0 Å². The van der Waals surface area contributed by atoms with E-state index < -0.39 is 8.80 Å². The molecule has 0 bridgehead atoms. The monoisotopic (exact) mass is 314 g/mol. The van der Waals surface area contributed by atoms with E-state index in [-0.39, 0.29) is 5.54 Å². The minimum atomic E-state index is -2.72. The van der Waals surface area contributed by atoms with Gasteiger partial charge in [0.2, 0.25) is 0 Å². The predicted molar refractivity (Wildman–Crippen MR) is 88.2 cm³/mol. The highest BCUT2D eigenvalue weighted by Crippen LogP contribution is 2.32. The smallest absolute Gasteiger partial charge is 0.373 e. The highest BCUT2D eigenvalue weighted by molar-refractivity contribution is 7.79. The quantitative estimate of drug-likeness (QED) is 0.555. The third-order valence-electron chi connectivity index (χ3n) is 3.26. The van der Waals surface area contributed by atoms with Crippen LogP contribution in [0.1, 0.15) is 44.4 Å². The third kappa shape index (κ3) is 4.08. The fraction of sp³-hybridized carbons (Fsp3) is 0.600. The van der Waals surface area contributed by atoms with Gasteiger partial charge in [0.05, 0.1) is 5.54 Å². The molecular formula is C15H26O3SSi. The molecule has 0 aliphatic rings. The zero-order valence-electron chi connectivity index (χ0n) is 12.9. The number of hydrogen-bond donors (Lipinski definition) is 1. The summed E-state index contributed by atoms with van der Waals surface area (Å²) in [6.45, 7) is 9.87. The van der Waals surface area contributed by atoms with Gasteiger partial charge in [-0.05, 0) is 31.9 Å². The second-order valence-corrected chi connectivity index (χ2v) is 7.74. The van der Waals surface area contributed by atoms with Gasteiger partial charge in [-0.1, -0.05) is 31.2 Å². The molecule has 0 saturated heterocycles. The van der Waals surface area contributed by atoms with Crippen LogP contribution in [0.3, 0.4) is 0 Å². The zero-order valence-corrected chi connectivity index (χ0v) is 14.8. The molecule has 5 heteroatoms. The Morgan fingerprint density at radius 2 is 1.50 bits per heavy atom. The minimum Gasteiger partial charge on any atom is -0.373 e. The van der Waals surface area contributed by atoms with E-state index in [0.29, 0.717) is 25.6 Å². The van der Waals surface area contributed by atoms with Crippen molar-refractivity contribution in [2.24, 2.45) is 0 Å². The Bertz CT molecular complexity index is 383. The van der Waals surface area contributed by atoms with Crippen LogP contribution >= 0.6 is 12.6 Å². The maximum absolute atomic E-state index is 6.00. The lowest BCUT2D eigenvalue weighted by molar-refractivity contribution is 0.0633. The van der Waals surface area contributed by atoms with E-state index in [1.54, 1.807) is 0 Å². The van der Waals surface area contributed by atoms with E-state index in [9.17, 15) is 0 Å². The molecule has 1 unspecified atom stereocenters. The molecule has 1 aromatic carbocycles. The lowest BCUT2D eigenvalue weighted by Crippen LogP contribution is -2.51. The number of rotatable bonds is 9. The van der Waals surface area contributed by atoms with Crippen molar-refractivity contribution in [1.82, 2.24) is 0 Å².